The molecule has 0 aromatic carbocycles. The minimum Gasteiger partial charge on any atom is -0.490 e. The second-order valence-electron chi connectivity index (χ2n) is 6.43. The van der Waals surface area contributed by atoms with Crippen molar-refractivity contribution in [2.45, 2.75) is 38.1 Å². The number of pyridine rings is 1. The van der Waals surface area contributed by atoms with Crippen LogP contribution in [-0.2, 0) is 0 Å². The van der Waals surface area contributed by atoms with Gasteiger partial charge in [-0.25, -0.2) is 0 Å². The zero-order valence-electron chi connectivity index (χ0n) is 13.6. The summed E-state index contributed by atoms with van der Waals surface area (Å²) in [5.41, 5.74) is 1.15. The number of nitrogens with one attached hydrogen (secondary N) is 1. The summed E-state index contributed by atoms with van der Waals surface area (Å²) in [4.78, 5) is 6.71. The molecule has 6 heteroatoms. The first-order valence-corrected chi connectivity index (χ1v) is 8.52. The highest BCUT2D eigenvalue weighted by atomic mass is 35.5. The molecule has 2 N–H and O–H groups in total. The summed E-state index contributed by atoms with van der Waals surface area (Å²) in [6.07, 6.45) is 9.41. The first-order chi connectivity index (χ1) is 10.8. The van der Waals surface area contributed by atoms with Gasteiger partial charge in [-0.1, -0.05) is 0 Å². The van der Waals surface area contributed by atoms with Gasteiger partial charge in [0.05, 0.1) is 18.1 Å². The molecule has 5 nitrogen and oxygen atoms in total. The molecule has 1 aromatic rings. The highest BCUT2D eigenvalue weighted by Gasteiger charge is 2.20. The number of aliphatic hydroxyl groups excluding tert-OH is 1. The molecule has 2 aliphatic heterocycles. The van der Waals surface area contributed by atoms with E-state index in [0.717, 1.165) is 56.9 Å². The number of ether oxygens (including phenoxy) is 1. The lowest BCUT2D eigenvalue weighted by Crippen LogP contribution is -2.34. The van der Waals surface area contributed by atoms with Crippen molar-refractivity contribution in [3.05, 3.63) is 18.5 Å². The van der Waals surface area contributed by atoms with E-state index in [-0.39, 0.29) is 12.4 Å². The molecule has 2 fully saturated rings. The molecule has 130 valence electrons. The molecular formula is C17H28ClN3O2. The first kappa shape index (κ1) is 18.3. The smallest absolute Gasteiger partial charge is 0.139 e. The van der Waals surface area contributed by atoms with Crippen LogP contribution in [0.25, 0.3) is 0 Å². The molecule has 0 aliphatic carbocycles. The second kappa shape index (κ2) is 9.30. The minimum absolute atomic E-state index is 0. The predicted octanol–water partition coefficient (Wildman–Crippen LogP) is 2.23. The molecule has 0 bridgehead atoms. The van der Waals surface area contributed by atoms with Gasteiger partial charge in [-0.3, -0.25) is 4.98 Å². The number of aromatic nitrogens is 1. The fraction of sp³-hybridized carbons (Fsp3) is 0.706. The SMILES string of the molecule is Cl.OCCC1CCN(c2cncc(OC[C@@H]3CCCN3)c2)CC1. The molecule has 2 aliphatic rings. The first-order valence-electron chi connectivity index (χ1n) is 8.52. The molecule has 0 spiro atoms. The molecule has 1 atom stereocenters. The van der Waals surface area contributed by atoms with Gasteiger partial charge in [0.1, 0.15) is 12.4 Å². The van der Waals surface area contributed by atoms with Crippen molar-refractivity contribution in [3.8, 4) is 5.75 Å². The van der Waals surface area contributed by atoms with Gasteiger partial charge in [-0.2, -0.15) is 0 Å². The molecule has 1 aromatic heterocycles. The molecule has 3 heterocycles. The fourth-order valence-electron chi connectivity index (χ4n) is 3.42. The third-order valence-corrected chi connectivity index (χ3v) is 4.83. The molecule has 0 amide bonds. The topological polar surface area (TPSA) is 57.6 Å². The summed E-state index contributed by atoms with van der Waals surface area (Å²) in [6.45, 7) is 4.23. The Hall–Kier alpha value is -1.04. The van der Waals surface area contributed by atoms with Crippen LogP contribution < -0.4 is 15.0 Å². The van der Waals surface area contributed by atoms with E-state index in [4.69, 9.17) is 9.84 Å². The van der Waals surface area contributed by atoms with Crippen LogP contribution >= 0.6 is 12.4 Å². The minimum atomic E-state index is 0. The number of nitrogens with zero attached hydrogens (tertiary/aromatic N) is 2. The van der Waals surface area contributed by atoms with Gasteiger partial charge >= 0.3 is 0 Å². The average Bonchev–Trinajstić information content (AvgIpc) is 3.08. The standard InChI is InChI=1S/C17H27N3O2.ClH/c21-9-5-14-3-7-20(8-4-14)16-10-17(12-18-11-16)22-13-15-2-1-6-19-15;/h10-12,14-15,19,21H,1-9,13H2;1H/t15-;/m0./s1. The van der Waals surface area contributed by atoms with E-state index >= 15 is 0 Å². The number of hydrogen-bond acceptors (Lipinski definition) is 5. The lowest BCUT2D eigenvalue weighted by molar-refractivity contribution is 0.240. The van der Waals surface area contributed by atoms with Crippen molar-refractivity contribution in [2.75, 3.05) is 37.7 Å². The predicted molar refractivity (Wildman–Crippen MR) is 94.6 cm³/mol. The maximum atomic E-state index is 9.04. The number of anilines is 1. The Labute approximate surface area is 144 Å². The van der Waals surface area contributed by atoms with Gasteiger partial charge in [-0.05, 0) is 44.6 Å². The molecule has 0 radical (unpaired) electrons. The van der Waals surface area contributed by atoms with Crippen LogP contribution in [-0.4, -0.2) is 49.0 Å². The number of aliphatic hydroxyl groups is 1. The van der Waals surface area contributed by atoms with E-state index in [1.54, 1.807) is 6.20 Å². The van der Waals surface area contributed by atoms with Crippen LogP contribution in [0.4, 0.5) is 5.69 Å². The Morgan fingerprint density at radius 1 is 1.26 bits per heavy atom. The van der Waals surface area contributed by atoms with E-state index in [9.17, 15) is 0 Å². The fourth-order valence-corrected chi connectivity index (χ4v) is 3.42. The Morgan fingerprint density at radius 2 is 2.09 bits per heavy atom. The van der Waals surface area contributed by atoms with Gasteiger partial charge < -0.3 is 20.1 Å². The quantitative estimate of drug-likeness (QED) is 0.831. The number of rotatable bonds is 6. The van der Waals surface area contributed by atoms with Crippen molar-refractivity contribution in [2.24, 2.45) is 5.92 Å². The average molecular weight is 342 g/mol. The van der Waals surface area contributed by atoms with Gasteiger partial charge in [0.25, 0.3) is 0 Å². The molecule has 0 saturated carbocycles. The van der Waals surface area contributed by atoms with Crippen molar-refractivity contribution in [1.29, 1.82) is 0 Å². The third-order valence-electron chi connectivity index (χ3n) is 4.83. The normalized spacial score (nSPS) is 22.0. The van der Waals surface area contributed by atoms with E-state index < -0.39 is 0 Å². The van der Waals surface area contributed by atoms with Crippen LogP contribution in [0.2, 0.25) is 0 Å². The van der Waals surface area contributed by atoms with Crippen molar-refractivity contribution in [1.82, 2.24) is 10.3 Å². The maximum Gasteiger partial charge on any atom is 0.139 e. The van der Waals surface area contributed by atoms with Crippen LogP contribution in [0.1, 0.15) is 32.1 Å². The number of hydrogen-bond donors (Lipinski definition) is 2. The summed E-state index contributed by atoms with van der Waals surface area (Å²) in [7, 11) is 0. The van der Waals surface area contributed by atoms with Crippen LogP contribution in [0.15, 0.2) is 18.5 Å². The van der Waals surface area contributed by atoms with Crippen molar-refractivity contribution >= 4 is 18.1 Å². The van der Waals surface area contributed by atoms with Crippen molar-refractivity contribution in [3.63, 3.8) is 0 Å². The van der Waals surface area contributed by atoms with E-state index in [1.807, 2.05) is 6.20 Å². The molecule has 2 saturated heterocycles. The summed E-state index contributed by atoms with van der Waals surface area (Å²) < 4.78 is 5.90. The molecular weight excluding hydrogens is 314 g/mol. The number of piperidine rings is 1. The summed E-state index contributed by atoms with van der Waals surface area (Å²) in [5, 5.41) is 12.5. The van der Waals surface area contributed by atoms with Gasteiger partial charge in [-0.15, -0.1) is 12.4 Å². The highest BCUT2D eigenvalue weighted by molar-refractivity contribution is 5.85. The third kappa shape index (κ3) is 5.23. The monoisotopic (exact) mass is 341 g/mol. The maximum absolute atomic E-state index is 9.04. The zero-order valence-corrected chi connectivity index (χ0v) is 14.4. The number of halogens is 1. The van der Waals surface area contributed by atoms with Gasteiger partial charge in [0.2, 0.25) is 0 Å². The van der Waals surface area contributed by atoms with Crippen LogP contribution in [0.5, 0.6) is 5.75 Å². The van der Waals surface area contributed by atoms with Crippen molar-refractivity contribution < 1.29 is 9.84 Å². The Bertz CT molecular complexity index is 461. The van der Waals surface area contributed by atoms with Gasteiger partial charge in [0.15, 0.2) is 0 Å². The lowest BCUT2D eigenvalue weighted by Gasteiger charge is -2.33. The summed E-state index contributed by atoms with van der Waals surface area (Å²) >= 11 is 0. The largest absolute Gasteiger partial charge is 0.490 e. The highest BCUT2D eigenvalue weighted by Crippen LogP contribution is 2.26. The summed E-state index contributed by atoms with van der Waals surface area (Å²) in [6, 6.07) is 2.59. The van der Waals surface area contributed by atoms with Gasteiger partial charge in [0, 0.05) is 31.8 Å². The Balaban J connectivity index is 0.00000192. The molecule has 0 unspecified atom stereocenters. The molecule has 3 rings (SSSR count). The summed E-state index contributed by atoms with van der Waals surface area (Å²) in [5.74, 6) is 1.53. The lowest BCUT2D eigenvalue weighted by atomic mass is 9.94. The van der Waals surface area contributed by atoms with Crippen LogP contribution in [0.3, 0.4) is 0 Å². The van der Waals surface area contributed by atoms with Crippen LogP contribution in [0, 0.1) is 5.92 Å². The Morgan fingerprint density at radius 3 is 2.78 bits per heavy atom. The van der Waals surface area contributed by atoms with E-state index in [2.05, 4.69) is 21.3 Å². The Kier molecular flexibility index (Phi) is 7.40. The van der Waals surface area contributed by atoms with E-state index in [1.165, 1.54) is 12.8 Å². The zero-order chi connectivity index (χ0) is 15.2. The second-order valence-corrected chi connectivity index (χ2v) is 6.43. The van der Waals surface area contributed by atoms with E-state index in [0.29, 0.717) is 18.6 Å². The molecule has 23 heavy (non-hydrogen) atoms.